The zero-order chi connectivity index (χ0) is 15.6. The highest BCUT2D eigenvalue weighted by atomic mass is 19.4. The van der Waals surface area contributed by atoms with Crippen LogP contribution in [0.1, 0.15) is 5.56 Å². The van der Waals surface area contributed by atoms with Gasteiger partial charge in [0.1, 0.15) is 11.5 Å². The number of nitrogens with zero attached hydrogens (tertiary/aromatic N) is 1. The van der Waals surface area contributed by atoms with E-state index in [1.807, 2.05) is 0 Å². The number of benzene rings is 1. The molecule has 21 heavy (non-hydrogen) atoms. The lowest BCUT2D eigenvalue weighted by Gasteiger charge is -2.13. The summed E-state index contributed by atoms with van der Waals surface area (Å²) in [6.45, 7) is 0.360. The van der Waals surface area contributed by atoms with Crippen LogP contribution in [0.25, 0.3) is 10.9 Å². The van der Waals surface area contributed by atoms with Gasteiger partial charge in [0.05, 0.1) is 19.7 Å². The van der Waals surface area contributed by atoms with E-state index < -0.39 is 12.8 Å². The standard InChI is InChI=1S/C14H14F3NO3/c1-8-10(19-2)5-4-9-11(20-3)6-12(18-13(8)9)21-7-14(15,16)17/h4-6H,7H2,1-3H3. The monoisotopic (exact) mass is 301 g/mol. The van der Waals surface area contributed by atoms with Crippen molar-refractivity contribution in [3.8, 4) is 17.4 Å². The molecule has 0 aliphatic heterocycles. The highest BCUT2D eigenvalue weighted by Crippen LogP contribution is 2.34. The van der Waals surface area contributed by atoms with Crippen molar-refractivity contribution in [1.29, 1.82) is 0 Å². The summed E-state index contributed by atoms with van der Waals surface area (Å²) in [4.78, 5) is 4.11. The third kappa shape index (κ3) is 3.29. The number of pyridine rings is 1. The van der Waals surface area contributed by atoms with Crippen LogP contribution in [0.4, 0.5) is 13.2 Å². The Kier molecular flexibility index (Phi) is 4.11. The number of hydrogen-bond acceptors (Lipinski definition) is 4. The van der Waals surface area contributed by atoms with Gasteiger partial charge in [-0.3, -0.25) is 0 Å². The lowest BCUT2D eigenvalue weighted by atomic mass is 10.1. The molecule has 1 heterocycles. The maximum absolute atomic E-state index is 12.2. The third-order valence-corrected chi connectivity index (χ3v) is 2.95. The molecule has 0 amide bonds. The van der Waals surface area contributed by atoms with E-state index >= 15 is 0 Å². The molecule has 0 spiro atoms. The van der Waals surface area contributed by atoms with E-state index in [1.54, 1.807) is 19.1 Å². The van der Waals surface area contributed by atoms with E-state index in [9.17, 15) is 13.2 Å². The van der Waals surface area contributed by atoms with Crippen LogP contribution in [-0.4, -0.2) is 32.0 Å². The summed E-state index contributed by atoms with van der Waals surface area (Å²) in [5.74, 6) is 0.834. The molecule has 0 N–H and O–H groups in total. The first-order valence-electron chi connectivity index (χ1n) is 6.07. The number of alkyl halides is 3. The summed E-state index contributed by atoms with van der Waals surface area (Å²) in [5.41, 5.74) is 1.18. The molecule has 0 atom stereocenters. The van der Waals surface area contributed by atoms with E-state index in [-0.39, 0.29) is 5.88 Å². The van der Waals surface area contributed by atoms with E-state index in [4.69, 9.17) is 14.2 Å². The minimum Gasteiger partial charge on any atom is -0.496 e. The molecule has 0 fully saturated rings. The van der Waals surface area contributed by atoms with Gasteiger partial charge in [0, 0.05) is 17.0 Å². The summed E-state index contributed by atoms with van der Waals surface area (Å²) >= 11 is 0. The van der Waals surface area contributed by atoms with Gasteiger partial charge in [-0.2, -0.15) is 13.2 Å². The predicted molar refractivity (Wildman–Crippen MR) is 71.1 cm³/mol. The Balaban J connectivity index is 2.51. The molecule has 2 aromatic rings. The first-order chi connectivity index (χ1) is 9.85. The van der Waals surface area contributed by atoms with Crippen molar-refractivity contribution in [3.63, 3.8) is 0 Å². The van der Waals surface area contributed by atoms with Crippen molar-refractivity contribution in [2.24, 2.45) is 0 Å². The first-order valence-corrected chi connectivity index (χ1v) is 6.07. The Morgan fingerprint density at radius 3 is 2.33 bits per heavy atom. The molecule has 0 radical (unpaired) electrons. The maximum atomic E-state index is 12.2. The number of halogens is 3. The molecule has 1 aromatic heterocycles. The van der Waals surface area contributed by atoms with Gasteiger partial charge in [-0.1, -0.05) is 0 Å². The maximum Gasteiger partial charge on any atom is 0.422 e. The van der Waals surface area contributed by atoms with Crippen LogP contribution in [0.2, 0.25) is 0 Å². The Labute approximate surface area is 119 Å². The second kappa shape index (κ2) is 5.67. The van der Waals surface area contributed by atoms with Crippen LogP contribution < -0.4 is 14.2 Å². The van der Waals surface area contributed by atoms with Crippen molar-refractivity contribution in [1.82, 2.24) is 4.98 Å². The minimum absolute atomic E-state index is 0.145. The lowest BCUT2D eigenvalue weighted by Crippen LogP contribution is -2.19. The van der Waals surface area contributed by atoms with Gasteiger partial charge < -0.3 is 14.2 Å². The average molecular weight is 301 g/mol. The van der Waals surface area contributed by atoms with Crippen molar-refractivity contribution in [2.45, 2.75) is 13.1 Å². The zero-order valence-corrected chi connectivity index (χ0v) is 11.7. The number of aryl methyl sites for hydroxylation is 1. The van der Waals surface area contributed by atoms with Crippen LogP contribution in [0.3, 0.4) is 0 Å². The first kappa shape index (κ1) is 15.2. The number of ether oxygens (including phenoxy) is 3. The van der Waals surface area contributed by atoms with Gasteiger partial charge in [0.2, 0.25) is 5.88 Å². The normalized spacial score (nSPS) is 11.5. The zero-order valence-electron chi connectivity index (χ0n) is 11.7. The van der Waals surface area contributed by atoms with Crippen LogP contribution in [0, 0.1) is 6.92 Å². The molecule has 2 rings (SSSR count). The third-order valence-electron chi connectivity index (χ3n) is 2.95. The van der Waals surface area contributed by atoms with Crippen molar-refractivity contribution in [2.75, 3.05) is 20.8 Å². The van der Waals surface area contributed by atoms with Crippen molar-refractivity contribution < 1.29 is 27.4 Å². The van der Waals surface area contributed by atoms with Gasteiger partial charge in [-0.15, -0.1) is 0 Å². The topological polar surface area (TPSA) is 40.6 Å². The van der Waals surface area contributed by atoms with E-state index in [0.717, 1.165) is 0 Å². The smallest absolute Gasteiger partial charge is 0.422 e. The van der Waals surface area contributed by atoms with E-state index in [1.165, 1.54) is 20.3 Å². The number of methoxy groups -OCH3 is 2. The second-order valence-electron chi connectivity index (χ2n) is 4.36. The highest BCUT2D eigenvalue weighted by molar-refractivity contribution is 5.89. The molecule has 0 aliphatic rings. The lowest BCUT2D eigenvalue weighted by molar-refractivity contribution is -0.154. The molecule has 4 nitrogen and oxygen atoms in total. The SMILES string of the molecule is COc1ccc2c(OC)cc(OCC(F)(F)F)nc2c1C. The fraction of sp³-hybridized carbons (Fsp3) is 0.357. The largest absolute Gasteiger partial charge is 0.496 e. The van der Waals surface area contributed by atoms with Gasteiger partial charge in [0.25, 0.3) is 0 Å². The number of rotatable bonds is 4. The Morgan fingerprint density at radius 1 is 1.10 bits per heavy atom. The van der Waals surface area contributed by atoms with Crippen LogP contribution >= 0.6 is 0 Å². The van der Waals surface area contributed by atoms with E-state index in [0.29, 0.717) is 28.0 Å². The van der Waals surface area contributed by atoms with Crippen LogP contribution in [0.5, 0.6) is 17.4 Å². The summed E-state index contributed by atoms with van der Waals surface area (Å²) in [6.07, 6.45) is -4.42. The summed E-state index contributed by atoms with van der Waals surface area (Å²) < 4.78 is 51.8. The summed E-state index contributed by atoms with van der Waals surface area (Å²) in [6, 6.07) is 4.82. The van der Waals surface area contributed by atoms with Gasteiger partial charge >= 0.3 is 6.18 Å². The second-order valence-corrected chi connectivity index (χ2v) is 4.36. The number of aromatic nitrogens is 1. The Morgan fingerprint density at radius 2 is 1.76 bits per heavy atom. The molecular weight excluding hydrogens is 287 g/mol. The number of hydrogen-bond donors (Lipinski definition) is 0. The highest BCUT2D eigenvalue weighted by Gasteiger charge is 2.29. The number of fused-ring (bicyclic) bond motifs is 1. The predicted octanol–water partition coefficient (Wildman–Crippen LogP) is 3.50. The van der Waals surface area contributed by atoms with Gasteiger partial charge in [-0.25, -0.2) is 4.98 Å². The van der Waals surface area contributed by atoms with Crippen molar-refractivity contribution in [3.05, 3.63) is 23.8 Å². The molecule has 1 aromatic carbocycles. The van der Waals surface area contributed by atoms with Crippen LogP contribution in [0.15, 0.2) is 18.2 Å². The Hall–Kier alpha value is -2.18. The minimum atomic E-state index is -4.42. The van der Waals surface area contributed by atoms with Gasteiger partial charge in [-0.05, 0) is 19.1 Å². The molecule has 0 aliphatic carbocycles. The molecule has 114 valence electrons. The van der Waals surface area contributed by atoms with Crippen molar-refractivity contribution >= 4 is 10.9 Å². The quantitative estimate of drug-likeness (QED) is 0.866. The molecule has 0 unspecified atom stereocenters. The molecular formula is C14H14F3NO3. The fourth-order valence-electron chi connectivity index (χ4n) is 1.98. The molecule has 7 heteroatoms. The summed E-state index contributed by atoms with van der Waals surface area (Å²) in [5, 5.41) is 0.676. The van der Waals surface area contributed by atoms with Gasteiger partial charge in [0.15, 0.2) is 6.61 Å². The van der Waals surface area contributed by atoms with Crippen LogP contribution in [-0.2, 0) is 0 Å². The summed E-state index contributed by atoms with van der Waals surface area (Å²) in [7, 11) is 2.94. The molecule has 0 bridgehead atoms. The average Bonchev–Trinajstić information content (AvgIpc) is 2.44. The molecule has 0 saturated carbocycles. The van der Waals surface area contributed by atoms with E-state index in [2.05, 4.69) is 4.98 Å². The molecule has 0 saturated heterocycles. The Bertz CT molecular complexity index is 656. The fourth-order valence-corrected chi connectivity index (χ4v) is 1.98.